The van der Waals surface area contributed by atoms with Gasteiger partial charge in [-0.15, -0.1) is 0 Å². The highest BCUT2D eigenvalue weighted by Crippen LogP contribution is 2.42. The number of halogens is 2. The zero-order valence-corrected chi connectivity index (χ0v) is 13.8. The second-order valence-corrected chi connectivity index (χ2v) is 6.39. The first kappa shape index (κ1) is 15.8. The Balaban J connectivity index is 1.83. The van der Waals surface area contributed by atoms with E-state index in [9.17, 15) is 14.0 Å². The highest BCUT2D eigenvalue weighted by Gasteiger charge is 2.42. The number of benzene rings is 2. The monoisotopic (exact) mass is 357 g/mol. The number of hydrogen-bond donors (Lipinski definition) is 0. The minimum absolute atomic E-state index is 0.0222. The van der Waals surface area contributed by atoms with E-state index in [1.165, 1.54) is 29.2 Å². The van der Waals surface area contributed by atoms with Crippen LogP contribution in [0.4, 0.5) is 10.1 Å². The number of esters is 1. The summed E-state index contributed by atoms with van der Waals surface area (Å²) in [5.74, 6) is -1.39. The Morgan fingerprint density at radius 2 is 1.88 bits per heavy atom. The third kappa shape index (κ3) is 2.70. The smallest absolute Gasteiger partial charge is 0.336 e. The molecule has 4 nitrogen and oxygen atoms in total. The number of carbonyl (C=O) groups is 2. The molecule has 1 atom stereocenters. The van der Waals surface area contributed by atoms with Crippen molar-refractivity contribution in [2.45, 2.75) is 12.3 Å². The maximum Gasteiger partial charge on any atom is 0.336 e. The predicted octanol–water partition coefficient (Wildman–Crippen LogP) is 3.81. The number of anilines is 1. The second kappa shape index (κ2) is 6.01. The molecule has 0 radical (unpaired) electrons. The van der Waals surface area contributed by atoms with Crippen molar-refractivity contribution in [1.29, 1.82) is 0 Å². The zero-order valence-electron chi connectivity index (χ0n) is 13.0. The minimum atomic E-state index is -0.431. The van der Waals surface area contributed by atoms with Gasteiger partial charge in [-0.3, -0.25) is 9.69 Å². The lowest BCUT2D eigenvalue weighted by Crippen LogP contribution is -2.37. The first-order chi connectivity index (χ1) is 12.0. The Hall–Kier alpha value is -2.66. The molecule has 25 heavy (non-hydrogen) atoms. The van der Waals surface area contributed by atoms with Gasteiger partial charge in [0.2, 0.25) is 5.91 Å². The van der Waals surface area contributed by atoms with Crippen molar-refractivity contribution in [2.75, 3.05) is 11.5 Å². The van der Waals surface area contributed by atoms with Crippen LogP contribution in [0.15, 0.2) is 59.8 Å². The summed E-state index contributed by atoms with van der Waals surface area (Å²) in [6.07, 6.45) is 0.117. The molecule has 1 amide bonds. The topological polar surface area (TPSA) is 46.6 Å². The van der Waals surface area contributed by atoms with Gasteiger partial charge in [0.15, 0.2) is 0 Å². The van der Waals surface area contributed by atoms with Crippen molar-refractivity contribution in [3.05, 3.63) is 76.2 Å². The normalized spacial score (nSPS) is 19.9. The predicted molar refractivity (Wildman–Crippen MR) is 90.7 cm³/mol. The van der Waals surface area contributed by atoms with Crippen molar-refractivity contribution in [3.63, 3.8) is 0 Å². The summed E-state index contributed by atoms with van der Waals surface area (Å²) >= 11 is 6.06. The van der Waals surface area contributed by atoms with Crippen LogP contribution in [0, 0.1) is 5.82 Å². The van der Waals surface area contributed by atoms with Crippen molar-refractivity contribution < 1.29 is 18.7 Å². The van der Waals surface area contributed by atoms with E-state index < -0.39 is 17.7 Å². The van der Waals surface area contributed by atoms with E-state index >= 15 is 0 Å². The first-order valence-corrected chi connectivity index (χ1v) is 8.16. The molecule has 2 aliphatic heterocycles. The van der Waals surface area contributed by atoms with Gasteiger partial charge in [0, 0.05) is 23.0 Å². The lowest BCUT2D eigenvalue weighted by atomic mass is 9.84. The SMILES string of the molecule is O=C1OCC2=C1[C@@H](c1cccc(Cl)c1)CC(=O)N2c1ccc(F)cc1. The average molecular weight is 358 g/mol. The highest BCUT2D eigenvalue weighted by molar-refractivity contribution is 6.30. The van der Waals surface area contributed by atoms with E-state index in [-0.39, 0.29) is 18.9 Å². The van der Waals surface area contributed by atoms with Crippen molar-refractivity contribution in [1.82, 2.24) is 0 Å². The number of carbonyl (C=O) groups excluding carboxylic acids is 2. The Morgan fingerprint density at radius 3 is 2.60 bits per heavy atom. The molecule has 0 bridgehead atoms. The molecule has 0 saturated heterocycles. The molecular weight excluding hydrogens is 345 g/mol. The molecule has 6 heteroatoms. The van der Waals surface area contributed by atoms with Crippen LogP contribution in [-0.2, 0) is 14.3 Å². The quantitative estimate of drug-likeness (QED) is 0.768. The molecule has 0 saturated carbocycles. The van der Waals surface area contributed by atoms with Crippen molar-refractivity contribution in [2.24, 2.45) is 0 Å². The summed E-state index contributed by atoms with van der Waals surface area (Å²) in [6.45, 7) is 0.0222. The number of amides is 1. The van der Waals surface area contributed by atoms with Crippen LogP contribution in [0.3, 0.4) is 0 Å². The van der Waals surface area contributed by atoms with Gasteiger partial charge in [0.1, 0.15) is 12.4 Å². The molecule has 2 aromatic rings. The maximum absolute atomic E-state index is 13.2. The van der Waals surface area contributed by atoms with Crippen LogP contribution in [0.1, 0.15) is 17.9 Å². The van der Waals surface area contributed by atoms with Crippen molar-refractivity contribution in [3.8, 4) is 0 Å². The molecule has 0 aliphatic carbocycles. The number of hydrogen-bond acceptors (Lipinski definition) is 3. The van der Waals surface area contributed by atoms with Crippen LogP contribution in [0.2, 0.25) is 5.02 Å². The lowest BCUT2D eigenvalue weighted by Gasteiger charge is -2.31. The summed E-state index contributed by atoms with van der Waals surface area (Å²) in [4.78, 5) is 26.5. The van der Waals surface area contributed by atoms with Gasteiger partial charge in [-0.2, -0.15) is 0 Å². The van der Waals surface area contributed by atoms with Crippen LogP contribution >= 0.6 is 11.6 Å². The Morgan fingerprint density at radius 1 is 1.12 bits per heavy atom. The van der Waals surface area contributed by atoms with Gasteiger partial charge in [0.05, 0.1) is 11.3 Å². The van der Waals surface area contributed by atoms with Crippen LogP contribution in [-0.4, -0.2) is 18.5 Å². The van der Waals surface area contributed by atoms with E-state index in [4.69, 9.17) is 16.3 Å². The molecular formula is C19H13ClFNO3. The minimum Gasteiger partial charge on any atom is -0.456 e. The standard InChI is InChI=1S/C19H13ClFNO3/c20-12-3-1-2-11(8-12)15-9-17(23)22(14-6-4-13(21)5-7-14)16-10-25-19(24)18(15)16/h1-8,15H,9-10H2/t15-/m1/s1. The molecule has 0 N–H and O–H groups in total. The summed E-state index contributed by atoms with van der Waals surface area (Å²) in [5, 5.41) is 0.541. The summed E-state index contributed by atoms with van der Waals surface area (Å²) in [6, 6.07) is 12.7. The average Bonchev–Trinajstić information content (AvgIpc) is 2.97. The fourth-order valence-corrected chi connectivity index (χ4v) is 3.55. The number of ether oxygens (including phenoxy) is 1. The second-order valence-electron chi connectivity index (χ2n) is 5.95. The third-order valence-electron chi connectivity index (χ3n) is 4.45. The van der Waals surface area contributed by atoms with Gasteiger partial charge in [-0.05, 0) is 42.0 Å². The van der Waals surface area contributed by atoms with Crippen LogP contribution < -0.4 is 4.90 Å². The van der Waals surface area contributed by atoms with E-state index in [2.05, 4.69) is 0 Å². The number of cyclic esters (lactones) is 1. The largest absolute Gasteiger partial charge is 0.456 e. The Kier molecular flexibility index (Phi) is 3.81. The molecule has 0 spiro atoms. The molecule has 2 heterocycles. The highest BCUT2D eigenvalue weighted by atomic mass is 35.5. The summed E-state index contributed by atoms with van der Waals surface area (Å²) in [7, 11) is 0. The van der Waals surface area contributed by atoms with E-state index in [0.29, 0.717) is 22.0 Å². The molecule has 2 aliphatic rings. The molecule has 0 fully saturated rings. The summed E-state index contributed by atoms with van der Waals surface area (Å²) < 4.78 is 18.4. The van der Waals surface area contributed by atoms with Gasteiger partial charge in [-0.1, -0.05) is 23.7 Å². The first-order valence-electron chi connectivity index (χ1n) is 7.79. The van der Waals surface area contributed by atoms with E-state index in [1.54, 1.807) is 18.2 Å². The van der Waals surface area contributed by atoms with E-state index in [0.717, 1.165) is 5.56 Å². The van der Waals surface area contributed by atoms with Crippen LogP contribution in [0.25, 0.3) is 0 Å². The molecule has 2 aromatic carbocycles. The maximum atomic E-state index is 13.2. The zero-order chi connectivity index (χ0) is 17.6. The number of nitrogens with zero attached hydrogens (tertiary/aromatic N) is 1. The fourth-order valence-electron chi connectivity index (χ4n) is 3.35. The molecule has 126 valence electrons. The van der Waals surface area contributed by atoms with Gasteiger partial charge >= 0.3 is 5.97 Å². The van der Waals surface area contributed by atoms with E-state index in [1.807, 2.05) is 6.07 Å². The van der Waals surface area contributed by atoms with Crippen molar-refractivity contribution >= 4 is 29.2 Å². The molecule has 0 unspecified atom stereocenters. The molecule has 0 aromatic heterocycles. The van der Waals surface area contributed by atoms with Gasteiger partial charge in [0.25, 0.3) is 0 Å². The third-order valence-corrected chi connectivity index (χ3v) is 4.69. The Labute approximate surface area is 148 Å². The van der Waals surface area contributed by atoms with Gasteiger partial charge in [-0.25, -0.2) is 9.18 Å². The Bertz CT molecular complexity index is 907. The molecule has 4 rings (SSSR count). The number of rotatable bonds is 2. The van der Waals surface area contributed by atoms with Crippen LogP contribution in [0.5, 0.6) is 0 Å². The summed E-state index contributed by atoms with van der Waals surface area (Å²) in [5.41, 5.74) is 2.29. The fraction of sp³-hybridized carbons (Fsp3) is 0.158. The van der Waals surface area contributed by atoms with Gasteiger partial charge < -0.3 is 4.74 Å². The lowest BCUT2D eigenvalue weighted by molar-refractivity contribution is -0.136.